The number of rotatable bonds is 3. The molecule has 1 aromatic rings. The Kier molecular flexibility index (Phi) is 4.43. The van der Waals surface area contributed by atoms with E-state index in [0.717, 1.165) is 0 Å². The smallest absolute Gasteiger partial charge is 0.126 e. The molecule has 0 amide bonds. The lowest BCUT2D eigenvalue weighted by Crippen LogP contribution is -1.85. The molecule has 0 spiro atoms. The molecule has 0 aliphatic carbocycles. The fraction of sp³-hybridized carbons (Fsp3) is 0.143. The molecule has 0 saturated carbocycles. The SMILES string of the molecule is O=[P+](Cl)OCc1ccc(Cl)cc1Cl. The molecule has 1 atom stereocenters. The van der Waals surface area contributed by atoms with Crippen LogP contribution in [0.25, 0.3) is 0 Å². The van der Waals surface area contributed by atoms with Gasteiger partial charge in [0, 0.05) is 15.6 Å². The van der Waals surface area contributed by atoms with Crippen LogP contribution in [0.1, 0.15) is 5.56 Å². The molecule has 0 aliphatic rings. The van der Waals surface area contributed by atoms with E-state index in [1.165, 1.54) is 0 Å². The molecule has 2 nitrogen and oxygen atoms in total. The normalized spacial score (nSPS) is 11.5. The molecule has 70 valence electrons. The molecule has 13 heavy (non-hydrogen) atoms. The second-order valence-electron chi connectivity index (χ2n) is 2.22. The fourth-order valence-corrected chi connectivity index (χ4v) is 1.61. The van der Waals surface area contributed by atoms with Crippen molar-refractivity contribution in [3.8, 4) is 0 Å². The Morgan fingerprint density at radius 1 is 1.38 bits per heavy atom. The van der Waals surface area contributed by atoms with Crippen molar-refractivity contribution >= 4 is 41.8 Å². The van der Waals surface area contributed by atoms with Crippen LogP contribution in [0.5, 0.6) is 0 Å². The topological polar surface area (TPSA) is 26.3 Å². The lowest BCUT2D eigenvalue weighted by Gasteiger charge is -1.98. The van der Waals surface area contributed by atoms with Gasteiger partial charge < -0.3 is 0 Å². The van der Waals surface area contributed by atoms with Crippen molar-refractivity contribution in [2.45, 2.75) is 6.61 Å². The maximum Gasteiger partial charge on any atom is 0.634 e. The average molecular weight is 258 g/mol. The third kappa shape index (κ3) is 3.80. The van der Waals surface area contributed by atoms with Gasteiger partial charge in [-0.15, -0.1) is 4.52 Å². The highest BCUT2D eigenvalue weighted by Crippen LogP contribution is 2.31. The third-order valence-electron chi connectivity index (χ3n) is 1.34. The summed E-state index contributed by atoms with van der Waals surface area (Å²) in [4.78, 5) is 0. The Bertz CT molecular complexity index is 330. The van der Waals surface area contributed by atoms with Crippen LogP contribution in [0.3, 0.4) is 0 Å². The monoisotopic (exact) mass is 257 g/mol. The van der Waals surface area contributed by atoms with Gasteiger partial charge in [-0.2, -0.15) is 0 Å². The van der Waals surface area contributed by atoms with Crippen LogP contribution in [0.4, 0.5) is 0 Å². The van der Waals surface area contributed by atoms with Crippen molar-refractivity contribution in [2.24, 2.45) is 0 Å². The minimum Gasteiger partial charge on any atom is -0.126 e. The van der Waals surface area contributed by atoms with E-state index in [1.807, 2.05) is 0 Å². The van der Waals surface area contributed by atoms with Crippen LogP contribution < -0.4 is 0 Å². The number of halogens is 3. The minimum atomic E-state index is -2.11. The molecule has 0 aliphatic heterocycles. The summed E-state index contributed by atoms with van der Waals surface area (Å²) in [6.07, 6.45) is 0. The maximum absolute atomic E-state index is 10.4. The van der Waals surface area contributed by atoms with Crippen molar-refractivity contribution in [1.82, 2.24) is 0 Å². The average Bonchev–Trinajstić information content (AvgIpc) is 2.02. The summed E-state index contributed by atoms with van der Waals surface area (Å²) in [6.45, 7) is 0.120. The van der Waals surface area contributed by atoms with E-state index in [-0.39, 0.29) is 6.61 Å². The Morgan fingerprint density at radius 3 is 2.62 bits per heavy atom. The molecular formula is C7H5Cl3O2P+. The molecular weight excluding hydrogens is 253 g/mol. The summed E-state index contributed by atoms with van der Waals surface area (Å²) >= 11 is 16.6. The van der Waals surface area contributed by atoms with Crippen molar-refractivity contribution in [1.29, 1.82) is 0 Å². The highest BCUT2D eigenvalue weighted by atomic mass is 35.7. The van der Waals surface area contributed by atoms with E-state index >= 15 is 0 Å². The van der Waals surface area contributed by atoms with E-state index in [1.54, 1.807) is 18.2 Å². The zero-order valence-electron chi connectivity index (χ0n) is 6.34. The van der Waals surface area contributed by atoms with Gasteiger partial charge in [-0.05, 0) is 16.7 Å². The second kappa shape index (κ2) is 5.14. The van der Waals surface area contributed by atoms with Crippen LogP contribution in [0.2, 0.25) is 10.0 Å². The van der Waals surface area contributed by atoms with Gasteiger partial charge in [0.15, 0.2) is 0 Å². The highest BCUT2D eigenvalue weighted by molar-refractivity contribution is 7.69. The van der Waals surface area contributed by atoms with Gasteiger partial charge in [-0.25, -0.2) is 0 Å². The van der Waals surface area contributed by atoms with Gasteiger partial charge in [-0.3, -0.25) is 0 Å². The van der Waals surface area contributed by atoms with Crippen LogP contribution >= 0.6 is 41.8 Å². The lowest BCUT2D eigenvalue weighted by atomic mass is 10.2. The van der Waals surface area contributed by atoms with Crippen LogP contribution in [0, 0.1) is 0 Å². The van der Waals surface area contributed by atoms with Crippen molar-refractivity contribution in [3.63, 3.8) is 0 Å². The van der Waals surface area contributed by atoms with Crippen molar-refractivity contribution in [2.75, 3.05) is 0 Å². The predicted molar refractivity (Wildman–Crippen MR) is 54.7 cm³/mol. The Balaban J connectivity index is 2.72. The number of benzene rings is 1. The van der Waals surface area contributed by atoms with E-state index in [0.29, 0.717) is 15.6 Å². The summed E-state index contributed by atoms with van der Waals surface area (Å²) in [5.41, 5.74) is 0.704. The van der Waals surface area contributed by atoms with E-state index < -0.39 is 7.38 Å². The van der Waals surface area contributed by atoms with E-state index in [9.17, 15) is 4.57 Å². The quantitative estimate of drug-likeness (QED) is 0.751. The minimum absolute atomic E-state index is 0.120. The van der Waals surface area contributed by atoms with E-state index in [4.69, 9.17) is 39.0 Å². The van der Waals surface area contributed by atoms with Crippen LogP contribution in [-0.2, 0) is 15.7 Å². The molecule has 0 bridgehead atoms. The molecule has 0 heterocycles. The molecule has 6 heteroatoms. The molecule has 1 aromatic carbocycles. The summed E-state index contributed by atoms with van der Waals surface area (Å²) in [5, 5.41) is 1.02. The maximum atomic E-state index is 10.4. The van der Waals surface area contributed by atoms with Gasteiger partial charge in [0.1, 0.15) is 6.61 Å². The first-order valence-electron chi connectivity index (χ1n) is 3.29. The third-order valence-corrected chi connectivity index (χ3v) is 2.55. The van der Waals surface area contributed by atoms with Gasteiger partial charge >= 0.3 is 7.38 Å². The largest absolute Gasteiger partial charge is 0.634 e. The Hall–Kier alpha value is 0.150. The molecule has 1 rings (SSSR count). The molecule has 0 N–H and O–H groups in total. The highest BCUT2D eigenvalue weighted by Gasteiger charge is 2.14. The lowest BCUT2D eigenvalue weighted by molar-refractivity contribution is 0.328. The molecule has 0 aromatic heterocycles. The summed E-state index contributed by atoms with van der Waals surface area (Å²) in [6, 6.07) is 4.96. The Morgan fingerprint density at radius 2 is 2.08 bits per heavy atom. The number of hydrogen-bond donors (Lipinski definition) is 0. The van der Waals surface area contributed by atoms with E-state index in [2.05, 4.69) is 0 Å². The molecule has 0 fully saturated rings. The van der Waals surface area contributed by atoms with Crippen molar-refractivity contribution in [3.05, 3.63) is 33.8 Å². The summed E-state index contributed by atoms with van der Waals surface area (Å²) in [7, 11) is -2.11. The van der Waals surface area contributed by atoms with Gasteiger partial charge in [0.05, 0.1) is 0 Å². The Labute approximate surface area is 91.4 Å². The zero-order chi connectivity index (χ0) is 9.84. The molecule has 1 unspecified atom stereocenters. The van der Waals surface area contributed by atoms with Gasteiger partial charge in [-0.1, -0.05) is 29.3 Å². The first-order chi connectivity index (χ1) is 6.09. The van der Waals surface area contributed by atoms with Gasteiger partial charge in [0.25, 0.3) is 0 Å². The first kappa shape index (κ1) is 11.2. The van der Waals surface area contributed by atoms with Gasteiger partial charge in [0.2, 0.25) is 11.2 Å². The van der Waals surface area contributed by atoms with Crippen LogP contribution in [-0.4, -0.2) is 0 Å². The predicted octanol–water partition coefficient (Wildman–Crippen LogP) is 4.41. The second-order valence-corrected chi connectivity index (χ2v) is 4.58. The zero-order valence-corrected chi connectivity index (χ0v) is 9.50. The summed E-state index contributed by atoms with van der Waals surface area (Å²) < 4.78 is 15.1. The fourth-order valence-electron chi connectivity index (χ4n) is 0.759. The molecule has 0 radical (unpaired) electrons. The molecule has 0 saturated heterocycles. The standard InChI is InChI=1S/C7H5Cl3O2P/c8-6-2-1-5(7(9)3-6)4-12-13(10)11/h1-3H,4H2/q+1. The summed E-state index contributed by atoms with van der Waals surface area (Å²) in [5.74, 6) is 0. The number of hydrogen-bond acceptors (Lipinski definition) is 2. The van der Waals surface area contributed by atoms with Crippen LogP contribution in [0.15, 0.2) is 18.2 Å². The van der Waals surface area contributed by atoms with Crippen molar-refractivity contribution < 1.29 is 9.09 Å². The first-order valence-corrected chi connectivity index (χ1v) is 6.13.